The van der Waals surface area contributed by atoms with E-state index in [0.717, 1.165) is 11.9 Å². The summed E-state index contributed by atoms with van der Waals surface area (Å²) in [4.78, 5) is 26.9. The lowest BCUT2D eigenvalue weighted by Crippen LogP contribution is -2.46. The van der Waals surface area contributed by atoms with Crippen molar-refractivity contribution < 1.29 is 18.0 Å². The van der Waals surface area contributed by atoms with Gasteiger partial charge in [0.2, 0.25) is 15.9 Å². The second kappa shape index (κ2) is 9.73. The van der Waals surface area contributed by atoms with E-state index in [4.69, 9.17) is 0 Å². The molecule has 0 aromatic heterocycles. The van der Waals surface area contributed by atoms with Crippen molar-refractivity contribution in [2.24, 2.45) is 0 Å². The fourth-order valence-corrected chi connectivity index (χ4v) is 3.97. The van der Waals surface area contributed by atoms with E-state index in [2.05, 4.69) is 20.3 Å². The number of piperidine rings is 1. The van der Waals surface area contributed by atoms with Crippen molar-refractivity contribution in [1.82, 2.24) is 10.2 Å². The van der Waals surface area contributed by atoms with Crippen LogP contribution in [-0.4, -0.2) is 57.1 Å². The Kier molecular flexibility index (Phi) is 7.07. The first-order chi connectivity index (χ1) is 14.3. The van der Waals surface area contributed by atoms with E-state index in [9.17, 15) is 18.0 Å². The maximum Gasteiger partial charge on any atom is 0.253 e. The molecular weight excluding hydrogens is 404 g/mol. The summed E-state index contributed by atoms with van der Waals surface area (Å²) in [5.41, 5.74) is 1.31. The van der Waals surface area contributed by atoms with E-state index in [1.807, 2.05) is 30.3 Å². The summed E-state index contributed by atoms with van der Waals surface area (Å²) in [6.07, 6.45) is 2.48. The highest BCUT2D eigenvalue weighted by atomic mass is 32.2. The number of nitrogens with zero attached hydrogens (tertiary/aromatic N) is 1. The minimum Gasteiger partial charge on any atom is -0.349 e. The number of hydrogen-bond donors (Lipinski definition) is 3. The Morgan fingerprint density at radius 3 is 2.30 bits per heavy atom. The van der Waals surface area contributed by atoms with E-state index in [-0.39, 0.29) is 29.1 Å². The van der Waals surface area contributed by atoms with Crippen LogP contribution in [-0.2, 0) is 14.8 Å². The second-order valence-corrected chi connectivity index (χ2v) is 9.11. The molecule has 1 fully saturated rings. The standard InChI is InChI=1S/C21H26N4O4S/c1-30(28,29)24-19-10-6-5-9-18(19)21(27)23-17-11-13-25(14-12-17)15-20(26)22-16-7-3-2-4-8-16/h2-10,17,24H,11-15H2,1H3,(H,22,26)(H,23,27). The molecule has 2 amide bonds. The molecule has 0 aliphatic carbocycles. The topological polar surface area (TPSA) is 108 Å². The highest BCUT2D eigenvalue weighted by Gasteiger charge is 2.23. The monoisotopic (exact) mass is 430 g/mol. The zero-order valence-corrected chi connectivity index (χ0v) is 17.6. The van der Waals surface area contributed by atoms with Crippen LogP contribution in [0.15, 0.2) is 54.6 Å². The van der Waals surface area contributed by atoms with Crippen LogP contribution in [0, 0.1) is 0 Å². The number of likely N-dealkylation sites (tertiary alicyclic amines) is 1. The summed E-state index contributed by atoms with van der Waals surface area (Å²) >= 11 is 0. The largest absolute Gasteiger partial charge is 0.349 e. The van der Waals surface area contributed by atoms with Gasteiger partial charge in [-0.2, -0.15) is 0 Å². The number of carbonyl (C=O) groups excluding carboxylic acids is 2. The molecule has 0 saturated carbocycles. The molecule has 1 saturated heterocycles. The zero-order valence-electron chi connectivity index (χ0n) is 16.8. The quantitative estimate of drug-likeness (QED) is 0.622. The third-order valence-electron chi connectivity index (χ3n) is 4.81. The first-order valence-electron chi connectivity index (χ1n) is 9.75. The van der Waals surface area contributed by atoms with Crippen LogP contribution in [0.1, 0.15) is 23.2 Å². The van der Waals surface area contributed by atoms with Crippen molar-refractivity contribution in [2.45, 2.75) is 18.9 Å². The molecule has 0 unspecified atom stereocenters. The van der Waals surface area contributed by atoms with Gasteiger partial charge < -0.3 is 10.6 Å². The number of sulfonamides is 1. The van der Waals surface area contributed by atoms with Gasteiger partial charge in [-0.15, -0.1) is 0 Å². The summed E-state index contributed by atoms with van der Waals surface area (Å²) in [6.45, 7) is 1.68. The van der Waals surface area contributed by atoms with Crippen LogP contribution in [0.3, 0.4) is 0 Å². The average molecular weight is 431 g/mol. The number of rotatable bonds is 7. The van der Waals surface area contributed by atoms with Gasteiger partial charge in [0.1, 0.15) is 0 Å². The lowest BCUT2D eigenvalue weighted by molar-refractivity contribution is -0.117. The normalized spacial score (nSPS) is 15.4. The van der Waals surface area contributed by atoms with Crippen LogP contribution >= 0.6 is 0 Å². The Balaban J connectivity index is 1.49. The number of hydrogen-bond acceptors (Lipinski definition) is 5. The maximum absolute atomic E-state index is 12.7. The molecular formula is C21H26N4O4S. The molecule has 3 rings (SSSR count). The van der Waals surface area contributed by atoms with Crippen LogP contribution < -0.4 is 15.4 Å². The van der Waals surface area contributed by atoms with Gasteiger partial charge >= 0.3 is 0 Å². The molecule has 8 nitrogen and oxygen atoms in total. The smallest absolute Gasteiger partial charge is 0.253 e. The maximum atomic E-state index is 12.7. The zero-order chi connectivity index (χ0) is 21.6. The van der Waals surface area contributed by atoms with Crippen LogP contribution in [0.5, 0.6) is 0 Å². The molecule has 0 spiro atoms. The molecule has 0 bridgehead atoms. The third-order valence-corrected chi connectivity index (χ3v) is 5.41. The predicted molar refractivity (Wildman–Crippen MR) is 117 cm³/mol. The fourth-order valence-electron chi connectivity index (χ4n) is 3.39. The molecule has 3 N–H and O–H groups in total. The Morgan fingerprint density at radius 1 is 1.00 bits per heavy atom. The Labute approximate surface area is 176 Å². The summed E-state index contributed by atoms with van der Waals surface area (Å²) in [5, 5.41) is 5.85. The molecule has 2 aromatic rings. The second-order valence-electron chi connectivity index (χ2n) is 7.36. The van der Waals surface area contributed by atoms with Crippen molar-refractivity contribution in [2.75, 3.05) is 35.9 Å². The molecule has 0 radical (unpaired) electrons. The number of carbonyl (C=O) groups is 2. The fraction of sp³-hybridized carbons (Fsp3) is 0.333. The summed E-state index contributed by atoms with van der Waals surface area (Å²) in [6, 6.07) is 15.8. The van der Waals surface area contributed by atoms with Crippen molar-refractivity contribution in [3.63, 3.8) is 0 Å². The molecule has 30 heavy (non-hydrogen) atoms. The molecule has 1 aliphatic heterocycles. The number of amides is 2. The van der Waals surface area contributed by atoms with E-state index in [1.54, 1.807) is 24.3 Å². The molecule has 2 aromatic carbocycles. The van der Waals surface area contributed by atoms with Gasteiger partial charge in [-0.1, -0.05) is 30.3 Å². The highest BCUT2D eigenvalue weighted by Crippen LogP contribution is 2.18. The molecule has 160 valence electrons. The SMILES string of the molecule is CS(=O)(=O)Nc1ccccc1C(=O)NC1CCN(CC(=O)Nc2ccccc2)CC1. The van der Waals surface area contributed by atoms with Crippen LogP contribution in [0.4, 0.5) is 11.4 Å². The average Bonchev–Trinajstić information content (AvgIpc) is 2.69. The van der Waals surface area contributed by atoms with Crippen LogP contribution in [0.2, 0.25) is 0 Å². The Bertz CT molecular complexity index is 987. The number of benzene rings is 2. The van der Waals surface area contributed by atoms with E-state index < -0.39 is 10.0 Å². The van der Waals surface area contributed by atoms with Gasteiger partial charge in [0.05, 0.1) is 24.1 Å². The predicted octanol–water partition coefficient (Wildman–Crippen LogP) is 1.89. The highest BCUT2D eigenvalue weighted by molar-refractivity contribution is 7.92. The lowest BCUT2D eigenvalue weighted by Gasteiger charge is -2.32. The molecule has 9 heteroatoms. The van der Waals surface area contributed by atoms with Crippen molar-refractivity contribution in [1.29, 1.82) is 0 Å². The first kappa shape index (κ1) is 21.8. The van der Waals surface area contributed by atoms with E-state index in [1.165, 1.54) is 0 Å². The molecule has 1 aliphatic rings. The third kappa shape index (κ3) is 6.57. The molecule has 0 atom stereocenters. The summed E-state index contributed by atoms with van der Waals surface area (Å²) < 4.78 is 25.4. The van der Waals surface area contributed by atoms with Gasteiger partial charge in [-0.3, -0.25) is 19.2 Å². The van der Waals surface area contributed by atoms with Gasteiger partial charge in [0, 0.05) is 24.8 Å². The number of para-hydroxylation sites is 2. The van der Waals surface area contributed by atoms with Gasteiger partial charge in [-0.05, 0) is 37.1 Å². The summed E-state index contributed by atoms with van der Waals surface area (Å²) in [7, 11) is -3.48. The van der Waals surface area contributed by atoms with Gasteiger partial charge in [-0.25, -0.2) is 8.42 Å². The van der Waals surface area contributed by atoms with Crippen molar-refractivity contribution in [3.05, 3.63) is 60.2 Å². The van der Waals surface area contributed by atoms with Crippen LogP contribution in [0.25, 0.3) is 0 Å². The lowest BCUT2D eigenvalue weighted by atomic mass is 10.0. The summed E-state index contributed by atoms with van der Waals surface area (Å²) in [5.74, 6) is -0.383. The Hall–Kier alpha value is -2.91. The Morgan fingerprint density at radius 2 is 1.63 bits per heavy atom. The van der Waals surface area contributed by atoms with E-state index >= 15 is 0 Å². The first-order valence-corrected chi connectivity index (χ1v) is 11.6. The molecule has 1 heterocycles. The van der Waals surface area contributed by atoms with E-state index in [0.29, 0.717) is 32.5 Å². The van der Waals surface area contributed by atoms with Gasteiger partial charge in [0.25, 0.3) is 5.91 Å². The number of nitrogens with one attached hydrogen (secondary N) is 3. The van der Waals surface area contributed by atoms with Crippen molar-refractivity contribution in [3.8, 4) is 0 Å². The minimum atomic E-state index is -3.48. The minimum absolute atomic E-state index is 0.0303. The van der Waals surface area contributed by atoms with Crippen molar-refractivity contribution >= 4 is 33.2 Å². The number of anilines is 2. The van der Waals surface area contributed by atoms with Gasteiger partial charge in [0.15, 0.2) is 0 Å².